The molecule has 32 heavy (non-hydrogen) atoms. The molecule has 5 rings (SSSR count). The molecule has 0 aromatic heterocycles. The maximum Gasteiger partial charge on any atom is 0.127 e. The third-order valence-corrected chi connectivity index (χ3v) is 8.67. The lowest BCUT2D eigenvalue weighted by Gasteiger charge is -2.41. The molecule has 172 valence electrons. The SMILES string of the molecule is c1ccc(C[NH+]2CCC([NH+]3CC[NH+](C4CC[NH+](Cc5ccccc5)CC4)CC3)CC2)cc1. The highest BCUT2D eigenvalue weighted by Gasteiger charge is 2.37. The largest absolute Gasteiger partial charge is 0.331 e. The van der Waals surface area contributed by atoms with Gasteiger partial charge in [-0.2, -0.15) is 0 Å². The molecule has 0 spiro atoms. The van der Waals surface area contributed by atoms with Crippen molar-refractivity contribution in [1.82, 2.24) is 0 Å². The summed E-state index contributed by atoms with van der Waals surface area (Å²) in [5.41, 5.74) is 3.00. The molecule has 0 amide bonds. The molecule has 4 N–H and O–H groups in total. The lowest BCUT2D eigenvalue weighted by molar-refractivity contribution is -1.04. The second-order valence-electron chi connectivity index (χ2n) is 10.7. The summed E-state index contributed by atoms with van der Waals surface area (Å²) in [6.07, 6.45) is 5.70. The van der Waals surface area contributed by atoms with E-state index in [0.29, 0.717) is 0 Å². The highest BCUT2D eigenvalue weighted by atomic mass is 15.3. The quantitative estimate of drug-likeness (QED) is 0.412. The van der Waals surface area contributed by atoms with Crippen LogP contribution in [0.3, 0.4) is 0 Å². The average Bonchev–Trinajstić information content (AvgIpc) is 2.86. The first-order valence-electron chi connectivity index (χ1n) is 13.3. The Kier molecular flexibility index (Phi) is 7.55. The summed E-state index contributed by atoms with van der Waals surface area (Å²) < 4.78 is 0. The Morgan fingerprint density at radius 2 is 0.812 bits per heavy atom. The van der Waals surface area contributed by atoms with Crippen molar-refractivity contribution in [3.05, 3.63) is 71.8 Å². The zero-order valence-electron chi connectivity index (χ0n) is 19.8. The number of hydrogen-bond donors (Lipinski definition) is 4. The number of likely N-dealkylation sites (tertiary alicyclic amines) is 2. The second-order valence-corrected chi connectivity index (χ2v) is 10.7. The van der Waals surface area contributed by atoms with Crippen LogP contribution in [0.5, 0.6) is 0 Å². The first-order valence-corrected chi connectivity index (χ1v) is 13.3. The van der Waals surface area contributed by atoms with Crippen molar-refractivity contribution in [2.24, 2.45) is 0 Å². The summed E-state index contributed by atoms with van der Waals surface area (Å²) in [5.74, 6) is 0. The van der Waals surface area contributed by atoms with Crippen molar-refractivity contribution in [2.75, 3.05) is 52.4 Å². The molecule has 3 aliphatic rings. The highest BCUT2D eigenvalue weighted by molar-refractivity contribution is 5.13. The predicted molar refractivity (Wildman–Crippen MR) is 129 cm³/mol. The van der Waals surface area contributed by atoms with Crippen molar-refractivity contribution in [3.63, 3.8) is 0 Å². The zero-order chi connectivity index (χ0) is 21.6. The zero-order valence-corrected chi connectivity index (χ0v) is 19.8. The molecule has 0 atom stereocenters. The minimum atomic E-state index is 0.924. The Morgan fingerprint density at radius 3 is 1.16 bits per heavy atom. The molecular formula is C28H44N4+4. The van der Waals surface area contributed by atoms with E-state index in [0.717, 1.165) is 12.1 Å². The maximum atomic E-state index is 2.29. The Balaban J connectivity index is 1.01. The van der Waals surface area contributed by atoms with E-state index in [1.807, 2.05) is 9.80 Å². The van der Waals surface area contributed by atoms with Crippen LogP contribution in [0.1, 0.15) is 36.8 Å². The molecule has 3 aliphatic heterocycles. The fourth-order valence-corrected chi connectivity index (χ4v) is 6.70. The summed E-state index contributed by atoms with van der Waals surface area (Å²) in [4.78, 5) is 7.45. The van der Waals surface area contributed by atoms with Crippen LogP contribution in [0, 0.1) is 0 Å². The standard InChI is InChI=1S/C28H40N4/c1-3-7-25(8-4-1)23-29-15-11-27(12-16-29)31-19-21-32(22-20-31)28-13-17-30(18-14-28)24-26-9-5-2-6-10-26/h1-10,27-28H,11-24H2/p+4. The minimum absolute atomic E-state index is 0.924. The van der Waals surface area contributed by atoms with Gasteiger partial charge in [-0.25, -0.2) is 0 Å². The van der Waals surface area contributed by atoms with E-state index in [1.165, 1.54) is 102 Å². The maximum absolute atomic E-state index is 2.29. The molecule has 3 heterocycles. The van der Waals surface area contributed by atoms with Gasteiger partial charge in [-0.15, -0.1) is 0 Å². The minimum Gasteiger partial charge on any atom is -0.331 e. The summed E-state index contributed by atoms with van der Waals surface area (Å²) in [6.45, 7) is 13.5. The van der Waals surface area contributed by atoms with Crippen molar-refractivity contribution in [2.45, 2.75) is 50.9 Å². The smallest absolute Gasteiger partial charge is 0.127 e. The molecule has 3 fully saturated rings. The predicted octanol–water partition coefficient (Wildman–Crippen LogP) is -1.74. The number of rotatable bonds is 6. The molecule has 4 nitrogen and oxygen atoms in total. The van der Waals surface area contributed by atoms with Gasteiger partial charge in [0.1, 0.15) is 39.3 Å². The van der Waals surface area contributed by atoms with Crippen LogP contribution in [-0.4, -0.2) is 64.4 Å². The first-order chi connectivity index (χ1) is 15.8. The fraction of sp³-hybridized carbons (Fsp3) is 0.571. The fourth-order valence-electron chi connectivity index (χ4n) is 6.70. The van der Waals surface area contributed by atoms with E-state index < -0.39 is 0 Å². The van der Waals surface area contributed by atoms with Gasteiger partial charge in [-0.3, -0.25) is 0 Å². The van der Waals surface area contributed by atoms with Crippen LogP contribution in [0.25, 0.3) is 0 Å². The summed E-state index contributed by atoms with van der Waals surface area (Å²) in [6, 6.07) is 24.0. The highest BCUT2D eigenvalue weighted by Crippen LogP contribution is 2.02. The van der Waals surface area contributed by atoms with Gasteiger partial charge in [0, 0.05) is 36.8 Å². The van der Waals surface area contributed by atoms with Gasteiger partial charge in [0.2, 0.25) is 0 Å². The molecule has 0 aliphatic carbocycles. The number of benzene rings is 2. The van der Waals surface area contributed by atoms with Gasteiger partial charge in [0.05, 0.1) is 38.3 Å². The summed E-state index contributed by atoms with van der Waals surface area (Å²) in [7, 11) is 0. The van der Waals surface area contributed by atoms with Gasteiger partial charge in [0.15, 0.2) is 0 Å². The van der Waals surface area contributed by atoms with Gasteiger partial charge in [-0.1, -0.05) is 60.7 Å². The van der Waals surface area contributed by atoms with Crippen molar-refractivity contribution in [1.29, 1.82) is 0 Å². The van der Waals surface area contributed by atoms with Gasteiger partial charge in [0.25, 0.3) is 0 Å². The first kappa shape index (κ1) is 22.1. The van der Waals surface area contributed by atoms with Gasteiger partial charge >= 0.3 is 0 Å². The number of piperidine rings is 2. The van der Waals surface area contributed by atoms with Crippen molar-refractivity contribution < 1.29 is 19.6 Å². The summed E-state index contributed by atoms with van der Waals surface area (Å²) >= 11 is 0. The molecule has 0 radical (unpaired) electrons. The van der Waals surface area contributed by atoms with E-state index in [4.69, 9.17) is 0 Å². The van der Waals surface area contributed by atoms with E-state index in [-0.39, 0.29) is 0 Å². The van der Waals surface area contributed by atoms with E-state index >= 15 is 0 Å². The second kappa shape index (κ2) is 10.9. The number of piperazine rings is 1. The molecule has 0 bridgehead atoms. The van der Waals surface area contributed by atoms with Gasteiger partial charge in [-0.05, 0) is 0 Å². The monoisotopic (exact) mass is 436 g/mol. The van der Waals surface area contributed by atoms with Crippen LogP contribution >= 0.6 is 0 Å². The lowest BCUT2D eigenvalue weighted by atomic mass is 9.99. The normalized spacial score (nSPS) is 33.6. The van der Waals surface area contributed by atoms with Gasteiger partial charge < -0.3 is 19.6 Å². The Bertz CT molecular complexity index is 717. The Morgan fingerprint density at radius 1 is 0.469 bits per heavy atom. The van der Waals surface area contributed by atoms with Crippen LogP contribution in [0.4, 0.5) is 0 Å². The topological polar surface area (TPSA) is 17.8 Å². The molecule has 4 heteroatoms. The third kappa shape index (κ3) is 5.79. The lowest BCUT2D eigenvalue weighted by Crippen LogP contribution is -3.32. The van der Waals surface area contributed by atoms with Crippen LogP contribution in [-0.2, 0) is 13.1 Å². The number of quaternary nitrogens is 4. The van der Waals surface area contributed by atoms with E-state index in [2.05, 4.69) is 60.7 Å². The van der Waals surface area contributed by atoms with E-state index in [9.17, 15) is 0 Å². The Hall–Kier alpha value is -1.72. The van der Waals surface area contributed by atoms with Crippen LogP contribution in [0.15, 0.2) is 60.7 Å². The molecular weight excluding hydrogens is 392 g/mol. The summed E-state index contributed by atoms with van der Waals surface area (Å²) in [5, 5.41) is 0. The Labute approximate surface area is 194 Å². The van der Waals surface area contributed by atoms with Crippen LogP contribution in [0.2, 0.25) is 0 Å². The molecule has 0 saturated carbocycles. The van der Waals surface area contributed by atoms with Crippen molar-refractivity contribution >= 4 is 0 Å². The molecule has 2 aromatic carbocycles. The molecule has 2 aromatic rings. The number of nitrogens with one attached hydrogen (secondary N) is 4. The molecule has 3 saturated heterocycles. The van der Waals surface area contributed by atoms with E-state index in [1.54, 1.807) is 9.80 Å². The number of hydrogen-bond acceptors (Lipinski definition) is 0. The molecule has 0 unspecified atom stereocenters. The van der Waals surface area contributed by atoms with Crippen LogP contribution < -0.4 is 19.6 Å². The third-order valence-electron chi connectivity index (χ3n) is 8.67. The average molecular weight is 437 g/mol. The van der Waals surface area contributed by atoms with Crippen molar-refractivity contribution in [3.8, 4) is 0 Å².